The number of amides is 2. The molecule has 2 heterocycles. The van der Waals surface area contributed by atoms with Gasteiger partial charge in [0, 0.05) is 18.0 Å². The Balaban J connectivity index is 2.07. The summed E-state index contributed by atoms with van der Waals surface area (Å²) in [4.78, 5) is 14.2. The second-order valence-corrected chi connectivity index (χ2v) is 6.05. The molecule has 5 heteroatoms. The predicted octanol–water partition coefficient (Wildman–Crippen LogP) is 3.06. The normalized spacial score (nSPS) is 27.0. The maximum atomic E-state index is 12.4. The molecule has 2 atom stereocenters. The standard InChI is InChI=1S/C16H22N2O3/c1-5-20-13-8-6-7-11-12-9-16(4,21-14(11)13)18(10(2)3)15(19)17-12/h6-8,10,12H,5,9H2,1-4H3,(H,17,19). The lowest BCUT2D eigenvalue weighted by Gasteiger charge is -2.52. The zero-order chi connectivity index (χ0) is 15.2. The van der Waals surface area contributed by atoms with Crippen molar-refractivity contribution in [1.29, 1.82) is 0 Å². The van der Waals surface area contributed by atoms with Crippen LogP contribution in [-0.2, 0) is 0 Å². The number of carbonyl (C=O) groups excluding carboxylic acids is 1. The summed E-state index contributed by atoms with van der Waals surface area (Å²) in [5.74, 6) is 1.49. The second-order valence-electron chi connectivity index (χ2n) is 6.05. The number of para-hydroxylation sites is 1. The lowest BCUT2D eigenvalue weighted by molar-refractivity contribution is -0.0976. The number of carbonyl (C=O) groups is 1. The SMILES string of the molecule is CCOc1cccc2c1OC1(C)CC2NC(=O)N1C(C)C. The predicted molar refractivity (Wildman–Crippen MR) is 79.5 cm³/mol. The third kappa shape index (κ3) is 2.11. The largest absolute Gasteiger partial charge is 0.490 e. The number of nitrogens with one attached hydrogen (secondary N) is 1. The summed E-state index contributed by atoms with van der Waals surface area (Å²) >= 11 is 0. The summed E-state index contributed by atoms with van der Waals surface area (Å²) in [5, 5.41) is 3.08. The van der Waals surface area contributed by atoms with E-state index in [1.807, 2.05) is 45.9 Å². The van der Waals surface area contributed by atoms with Crippen molar-refractivity contribution in [3.05, 3.63) is 23.8 Å². The Morgan fingerprint density at radius 3 is 2.95 bits per heavy atom. The highest BCUT2D eigenvalue weighted by Gasteiger charge is 2.50. The molecule has 5 nitrogen and oxygen atoms in total. The Hall–Kier alpha value is -1.91. The van der Waals surface area contributed by atoms with Gasteiger partial charge < -0.3 is 14.8 Å². The Morgan fingerprint density at radius 2 is 2.29 bits per heavy atom. The van der Waals surface area contributed by atoms with E-state index in [1.54, 1.807) is 4.90 Å². The first-order valence-corrected chi connectivity index (χ1v) is 7.51. The van der Waals surface area contributed by atoms with Crippen LogP contribution in [0.15, 0.2) is 18.2 Å². The van der Waals surface area contributed by atoms with Gasteiger partial charge in [-0.05, 0) is 33.8 Å². The summed E-state index contributed by atoms with van der Waals surface area (Å²) in [6.07, 6.45) is 0.736. The second kappa shape index (κ2) is 4.83. The average Bonchev–Trinajstić information content (AvgIpc) is 2.38. The van der Waals surface area contributed by atoms with E-state index >= 15 is 0 Å². The van der Waals surface area contributed by atoms with Gasteiger partial charge in [-0.2, -0.15) is 0 Å². The molecule has 1 aromatic carbocycles. The summed E-state index contributed by atoms with van der Waals surface area (Å²) in [6.45, 7) is 8.51. The van der Waals surface area contributed by atoms with E-state index in [2.05, 4.69) is 5.32 Å². The van der Waals surface area contributed by atoms with Crippen LogP contribution in [0.25, 0.3) is 0 Å². The van der Waals surface area contributed by atoms with E-state index < -0.39 is 5.72 Å². The third-order valence-corrected chi connectivity index (χ3v) is 4.13. The summed E-state index contributed by atoms with van der Waals surface area (Å²) in [5.41, 5.74) is 0.358. The molecule has 2 bridgehead atoms. The van der Waals surface area contributed by atoms with Crippen molar-refractivity contribution in [2.75, 3.05) is 6.61 Å². The quantitative estimate of drug-likeness (QED) is 0.930. The van der Waals surface area contributed by atoms with Crippen LogP contribution >= 0.6 is 0 Å². The van der Waals surface area contributed by atoms with Gasteiger partial charge in [0.05, 0.1) is 12.6 Å². The van der Waals surface area contributed by atoms with Gasteiger partial charge in [0.15, 0.2) is 17.2 Å². The van der Waals surface area contributed by atoms with E-state index in [4.69, 9.17) is 9.47 Å². The van der Waals surface area contributed by atoms with Crippen molar-refractivity contribution in [2.45, 2.75) is 51.9 Å². The number of nitrogens with zero attached hydrogens (tertiary/aromatic N) is 1. The number of fused-ring (bicyclic) bond motifs is 4. The molecular formula is C16H22N2O3. The Kier molecular flexibility index (Phi) is 3.23. The smallest absolute Gasteiger partial charge is 0.321 e. The van der Waals surface area contributed by atoms with Crippen LogP contribution in [0, 0.1) is 0 Å². The molecule has 1 saturated heterocycles. The van der Waals surface area contributed by atoms with Gasteiger partial charge in [-0.15, -0.1) is 0 Å². The highest BCUT2D eigenvalue weighted by molar-refractivity contribution is 5.78. The first-order valence-electron chi connectivity index (χ1n) is 7.51. The lowest BCUT2D eigenvalue weighted by atomic mass is 9.89. The molecule has 2 aliphatic heterocycles. The van der Waals surface area contributed by atoms with Gasteiger partial charge >= 0.3 is 6.03 Å². The average molecular weight is 290 g/mol. The van der Waals surface area contributed by atoms with E-state index in [1.165, 1.54) is 0 Å². The van der Waals surface area contributed by atoms with E-state index in [0.717, 1.165) is 23.5 Å². The van der Waals surface area contributed by atoms with Gasteiger partial charge in [0.1, 0.15) is 0 Å². The molecule has 2 aliphatic rings. The Bertz CT molecular complexity index is 573. The fourth-order valence-corrected chi connectivity index (χ4v) is 3.43. The Labute approximate surface area is 125 Å². The van der Waals surface area contributed by atoms with Crippen LogP contribution in [0.5, 0.6) is 11.5 Å². The molecule has 1 N–H and O–H groups in total. The van der Waals surface area contributed by atoms with Crippen LogP contribution in [-0.4, -0.2) is 29.3 Å². The van der Waals surface area contributed by atoms with Crippen LogP contribution in [0.4, 0.5) is 4.79 Å². The summed E-state index contributed by atoms with van der Waals surface area (Å²) < 4.78 is 11.9. The van der Waals surface area contributed by atoms with Crippen molar-refractivity contribution in [2.24, 2.45) is 0 Å². The van der Waals surface area contributed by atoms with Crippen LogP contribution in [0.3, 0.4) is 0 Å². The number of hydrogen-bond acceptors (Lipinski definition) is 3. The number of urea groups is 1. The van der Waals surface area contributed by atoms with Crippen molar-refractivity contribution >= 4 is 6.03 Å². The molecule has 0 radical (unpaired) electrons. The number of benzene rings is 1. The monoisotopic (exact) mass is 290 g/mol. The molecule has 0 aromatic heterocycles. The van der Waals surface area contributed by atoms with Gasteiger partial charge in [-0.3, -0.25) is 4.90 Å². The maximum absolute atomic E-state index is 12.4. The molecule has 0 spiro atoms. The first kappa shape index (κ1) is 14.0. The van der Waals surface area contributed by atoms with Crippen LogP contribution < -0.4 is 14.8 Å². The molecule has 114 valence electrons. The van der Waals surface area contributed by atoms with Gasteiger partial charge in [-0.1, -0.05) is 12.1 Å². The van der Waals surface area contributed by atoms with Crippen LogP contribution in [0.1, 0.15) is 45.7 Å². The number of rotatable bonds is 3. The van der Waals surface area contributed by atoms with Gasteiger partial charge in [-0.25, -0.2) is 4.79 Å². The molecule has 21 heavy (non-hydrogen) atoms. The molecule has 3 rings (SSSR count). The van der Waals surface area contributed by atoms with Crippen molar-refractivity contribution < 1.29 is 14.3 Å². The van der Waals surface area contributed by atoms with Crippen molar-refractivity contribution in [3.8, 4) is 11.5 Å². The molecule has 0 saturated carbocycles. The van der Waals surface area contributed by atoms with Gasteiger partial charge in [0.25, 0.3) is 0 Å². The van der Waals surface area contributed by atoms with E-state index in [0.29, 0.717) is 6.61 Å². The summed E-state index contributed by atoms with van der Waals surface area (Å²) in [7, 11) is 0. The number of ether oxygens (including phenoxy) is 2. The highest BCUT2D eigenvalue weighted by Crippen LogP contribution is 2.48. The molecule has 1 fully saturated rings. The highest BCUT2D eigenvalue weighted by atomic mass is 16.5. The zero-order valence-corrected chi connectivity index (χ0v) is 13.0. The van der Waals surface area contributed by atoms with Crippen LogP contribution in [0.2, 0.25) is 0 Å². The number of hydrogen-bond donors (Lipinski definition) is 1. The Morgan fingerprint density at radius 1 is 1.52 bits per heavy atom. The zero-order valence-electron chi connectivity index (χ0n) is 13.0. The lowest BCUT2D eigenvalue weighted by Crippen LogP contribution is -2.66. The third-order valence-electron chi connectivity index (χ3n) is 4.13. The molecule has 2 amide bonds. The molecule has 2 unspecified atom stereocenters. The van der Waals surface area contributed by atoms with Gasteiger partial charge in [0.2, 0.25) is 0 Å². The van der Waals surface area contributed by atoms with Crippen molar-refractivity contribution in [1.82, 2.24) is 10.2 Å². The van der Waals surface area contributed by atoms with E-state index in [9.17, 15) is 4.79 Å². The van der Waals surface area contributed by atoms with Crippen molar-refractivity contribution in [3.63, 3.8) is 0 Å². The molecule has 1 aromatic rings. The minimum absolute atomic E-state index is 0.0262. The van der Waals surface area contributed by atoms with E-state index in [-0.39, 0.29) is 18.1 Å². The fraction of sp³-hybridized carbons (Fsp3) is 0.562. The summed E-state index contributed by atoms with van der Waals surface area (Å²) in [6, 6.07) is 5.81. The first-order chi connectivity index (χ1) is 9.96. The fourth-order valence-electron chi connectivity index (χ4n) is 3.43. The molecule has 0 aliphatic carbocycles. The topological polar surface area (TPSA) is 50.8 Å². The minimum atomic E-state index is -0.638. The molecular weight excluding hydrogens is 268 g/mol. The maximum Gasteiger partial charge on any atom is 0.321 e. The minimum Gasteiger partial charge on any atom is -0.490 e.